The average Bonchev–Trinajstić information content (AvgIpc) is 3.13. The normalized spacial score (nSPS) is 11.0. The van der Waals surface area contributed by atoms with Crippen LogP contribution < -0.4 is 10.6 Å². The van der Waals surface area contributed by atoms with E-state index in [1.807, 2.05) is 29.9 Å². The highest BCUT2D eigenvalue weighted by Gasteiger charge is 1.99. The Kier molecular flexibility index (Phi) is 8.48. The van der Waals surface area contributed by atoms with Crippen molar-refractivity contribution in [1.29, 1.82) is 0 Å². The van der Waals surface area contributed by atoms with Gasteiger partial charge in [-0.05, 0) is 19.4 Å². The van der Waals surface area contributed by atoms with E-state index in [4.69, 9.17) is 4.52 Å². The maximum absolute atomic E-state index is 4.78. The van der Waals surface area contributed by atoms with E-state index < -0.39 is 0 Å². The Morgan fingerprint density at radius 2 is 2.33 bits per heavy atom. The van der Waals surface area contributed by atoms with Crippen LogP contribution in [0.15, 0.2) is 40.3 Å². The Hall–Kier alpha value is -1.58. The average molecular weight is 404 g/mol. The van der Waals surface area contributed by atoms with Crippen LogP contribution in [0.5, 0.6) is 0 Å². The molecule has 0 amide bonds. The van der Waals surface area contributed by atoms with Crippen molar-refractivity contribution in [3.63, 3.8) is 0 Å². The summed E-state index contributed by atoms with van der Waals surface area (Å²) in [5.41, 5.74) is 0.818. The van der Waals surface area contributed by atoms with E-state index in [1.54, 1.807) is 12.5 Å². The molecule has 0 aliphatic carbocycles. The smallest absolute Gasteiger partial charge is 0.191 e. The van der Waals surface area contributed by atoms with Gasteiger partial charge in [0.2, 0.25) is 0 Å². The minimum absolute atomic E-state index is 0. The zero-order valence-corrected chi connectivity index (χ0v) is 14.4. The van der Waals surface area contributed by atoms with Crippen molar-refractivity contribution in [3.05, 3.63) is 36.5 Å². The zero-order chi connectivity index (χ0) is 14.0. The molecule has 0 saturated carbocycles. The zero-order valence-electron chi connectivity index (χ0n) is 12.0. The number of guanidine groups is 1. The van der Waals surface area contributed by atoms with Gasteiger partial charge in [0.05, 0.1) is 6.54 Å². The summed E-state index contributed by atoms with van der Waals surface area (Å²) in [6.07, 6.45) is 6.28. The summed E-state index contributed by atoms with van der Waals surface area (Å²) in [7, 11) is 0. The molecule has 0 spiro atoms. The van der Waals surface area contributed by atoms with Gasteiger partial charge in [0.1, 0.15) is 12.0 Å². The Morgan fingerprint density at radius 1 is 1.43 bits per heavy atom. The first-order chi connectivity index (χ1) is 9.88. The minimum atomic E-state index is 0. The van der Waals surface area contributed by atoms with E-state index in [-0.39, 0.29) is 24.0 Å². The van der Waals surface area contributed by atoms with Crippen molar-refractivity contribution in [2.45, 2.75) is 26.4 Å². The minimum Gasteiger partial charge on any atom is -0.364 e. The molecule has 2 N–H and O–H groups in total. The van der Waals surface area contributed by atoms with E-state index >= 15 is 0 Å². The van der Waals surface area contributed by atoms with Gasteiger partial charge in [-0.3, -0.25) is 4.68 Å². The quantitative estimate of drug-likeness (QED) is 0.318. The molecule has 0 aliphatic heterocycles. The topological polar surface area (TPSA) is 80.3 Å². The van der Waals surface area contributed by atoms with Crippen molar-refractivity contribution >= 4 is 29.9 Å². The van der Waals surface area contributed by atoms with Crippen molar-refractivity contribution in [3.8, 4) is 0 Å². The molecule has 0 aliphatic rings. The molecule has 0 radical (unpaired) electrons. The molecule has 2 heterocycles. The molecular weight excluding hydrogens is 383 g/mol. The third-order valence-corrected chi connectivity index (χ3v) is 2.65. The standard InChI is InChI=1S/C13H20N6O.HI/c1-2-14-13(16-11-12-5-10-20-18-12)15-6-3-8-19-9-4-7-17-19;/h4-5,7,9-10H,2-3,6,8,11H2,1H3,(H2,14,15,16);1H. The summed E-state index contributed by atoms with van der Waals surface area (Å²) in [5, 5.41) is 14.5. The fraction of sp³-hybridized carbons (Fsp3) is 0.462. The highest BCUT2D eigenvalue weighted by molar-refractivity contribution is 14.0. The summed E-state index contributed by atoms with van der Waals surface area (Å²) in [4.78, 5) is 4.44. The van der Waals surface area contributed by atoms with Crippen LogP contribution in [0.4, 0.5) is 0 Å². The SMILES string of the molecule is CCNC(=NCc1ccon1)NCCCn1cccn1.I. The van der Waals surface area contributed by atoms with Crippen LogP contribution in [0.25, 0.3) is 0 Å². The molecule has 0 fully saturated rings. The van der Waals surface area contributed by atoms with Gasteiger partial charge in [-0.1, -0.05) is 5.16 Å². The van der Waals surface area contributed by atoms with Crippen LogP contribution in [0, 0.1) is 0 Å². The number of aliphatic imine (C=N–C) groups is 1. The van der Waals surface area contributed by atoms with Crippen molar-refractivity contribution in [2.24, 2.45) is 4.99 Å². The largest absolute Gasteiger partial charge is 0.364 e. The number of halogens is 1. The van der Waals surface area contributed by atoms with Crippen molar-refractivity contribution in [1.82, 2.24) is 25.6 Å². The van der Waals surface area contributed by atoms with E-state index in [2.05, 4.69) is 25.9 Å². The molecule has 8 heteroatoms. The van der Waals surface area contributed by atoms with E-state index in [0.29, 0.717) is 6.54 Å². The van der Waals surface area contributed by atoms with Crippen molar-refractivity contribution in [2.75, 3.05) is 13.1 Å². The third-order valence-electron chi connectivity index (χ3n) is 2.65. The second-order valence-electron chi connectivity index (χ2n) is 4.24. The van der Waals surface area contributed by atoms with Crippen LogP contribution in [0.1, 0.15) is 19.0 Å². The van der Waals surface area contributed by atoms with Crippen molar-refractivity contribution < 1.29 is 4.52 Å². The summed E-state index contributed by atoms with van der Waals surface area (Å²) >= 11 is 0. The van der Waals surface area contributed by atoms with Gasteiger partial charge in [-0.15, -0.1) is 24.0 Å². The van der Waals surface area contributed by atoms with E-state index in [0.717, 1.165) is 37.7 Å². The molecular formula is C13H21IN6O. The van der Waals surface area contributed by atoms with Gasteiger partial charge in [0.25, 0.3) is 0 Å². The van der Waals surface area contributed by atoms with Crippen LogP contribution >= 0.6 is 24.0 Å². The molecule has 0 bridgehead atoms. The number of hydrogen-bond donors (Lipinski definition) is 2. The first-order valence-electron chi connectivity index (χ1n) is 6.77. The maximum atomic E-state index is 4.78. The highest BCUT2D eigenvalue weighted by atomic mass is 127. The van der Waals surface area contributed by atoms with Crippen LogP contribution in [0.2, 0.25) is 0 Å². The molecule has 0 atom stereocenters. The lowest BCUT2D eigenvalue weighted by atomic mass is 10.4. The number of rotatable bonds is 7. The predicted molar refractivity (Wildman–Crippen MR) is 91.6 cm³/mol. The fourth-order valence-corrected chi connectivity index (χ4v) is 1.70. The molecule has 21 heavy (non-hydrogen) atoms. The van der Waals surface area contributed by atoms with Gasteiger partial charge in [-0.2, -0.15) is 5.10 Å². The van der Waals surface area contributed by atoms with E-state index in [1.165, 1.54) is 0 Å². The van der Waals surface area contributed by atoms with Crippen LogP contribution in [-0.2, 0) is 13.1 Å². The molecule has 7 nitrogen and oxygen atoms in total. The summed E-state index contributed by atoms with van der Waals surface area (Å²) in [5.74, 6) is 0.788. The molecule has 2 rings (SSSR count). The number of aryl methyl sites for hydroxylation is 1. The molecule has 0 aromatic carbocycles. The third kappa shape index (κ3) is 6.61. The lowest BCUT2D eigenvalue weighted by Crippen LogP contribution is -2.38. The highest BCUT2D eigenvalue weighted by Crippen LogP contribution is 1.96. The van der Waals surface area contributed by atoms with Gasteiger partial charge >= 0.3 is 0 Å². The summed E-state index contributed by atoms with van der Waals surface area (Å²) in [6, 6.07) is 3.74. The lowest BCUT2D eigenvalue weighted by Gasteiger charge is -2.10. The van der Waals surface area contributed by atoms with Crippen LogP contribution in [0.3, 0.4) is 0 Å². The number of hydrogen-bond acceptors (Lipinski definition) is 4. The maximum Gasteiger partial charge on any atom is 0.191 e. The summed E-state index contributed by atoms with van der Waals surface area (Å²) < 4.78 is 6.69. The number of aromatic nitrogens is 3. The number of nitrogens with zero attached hydrogens (tertiary/aromatic N) is 4. The van der Waals surface area contributed by atoms with Gasteiger partial charge in [-0.25, -0.2) is 4.99 Å². The molecule has 2 aromatic heterocycles. The van der Waals surface area contributed by atoms with Gasteiger partial charge < -0.3 is 15.2 Å². The summed E-state index contributed by atoms with van der Waals surface area (Å²) in [6.45, 7) is 5.10. The predicted octanol–water partition coefficient (Wildman–Crippen LogP) is 1.63. The van der Waals surface area contributed by atoms with Gasteiger partial charge in [0.15, 0.2) is 5.96 Å². The van der Waals surface area contributed by atoms with E-state index in [9.17, 15) is 0 Å². The fourth-order valence-electron chi connectivity index (χ4n) is 1.70. The lowest BCUT2D eigenvalue weighted by molar-refractivity contribution is 0.412. The van der Waals surface area contributed by atoms with Crippen LogP contribution in [-0.4, -0.2) is 34.0 Å². The van der Waals surface area contributed by atoms with Gasteiger partial charge in [0, 0.05) is 38.1 Å². The Morgan fingerprint density at radius 3 is 3.00 bits per heavy atom. The first kappa shape index (κ1) is 17.5. The Labute approximate surface area is 141 Å². The number of nitrogens with one attached hydrogen (secondary N) is 2. The second-order valence-corrected chi connectivity index (χ2v) is 4.24. The molecule has 116 valence electrons. The first-order valence-corrected chi connectivity index (χ1v) is 6.77. The molecule has 2 aromatic rings. The molecule has 0 saturated heterocycles. The molecule has 0 unspecified atom stereocenters. The Balaban J connectivity index is 0.00000220. The second kappa shape index (κ2) is 10.2. The monoisotopic (exact) mass is 404 g/mol. The Bertz CT molecular complexity index is 497.